The molecule has 0 radical (unpaired) electrons. The number of amides is 1. The zero-order valence-corrected chi connectivity index (χ0v) is 12.4. The van der Waals surface area contributed by atoms with E-state index in [4.69, 9.17) is 10.5 Å². The van der Waals surface area contributed by atoms with Crippen molar-refractivity contribution in [2.75, 3.05) is 19.4 Å². The van der Waals surface area contributed by atoms with E-state index < -0.39 is 5.97 Å². The van der Waals surface area contributed by atoms with E-state index in [-0.39, 0.29) is 12.5 Å². The fraction of sp³-hybridized carbons (Fsp3) is 0.176. The minimum Gasteiger partial charge on any atom is -0.452 e. The van der Waals surface area contributed by atoms with Crippen molar-refractivity contribution in [3.05, 3.63) is 65.7 Å². The fourth-order valence-electron chi connectivity index (χ4n) is 1.89. The summed E-state index contributed by atoms with van der Waals surface area (Å²) >= 11 is 0. The van der Waals surface area contributed by atoms with Crippen LogP contribution in [0.4, 0.5) is 5.69 Å². The summed E-state index contributed by atoms with van der Waals surface area (Å²) in [7, 11) is 1.67. The Kier molecular flexibility index (Phi) is 5.14. The number of esters is 1. The highest BCUT2D eigenvalue weighted by atomic mass is 16.5. The number of benzene rings is 2. The van der Waals surface area contributed by atoms with E-state index in [0.29, 0.717) is 17.8 Å². The first-order valence-electron chi connectivity index (χ1n) is 6.87. The van der Waals surface area contributed by atoms with Crippen LogP contribution in [0.25, 0.3) is 0 Å². The molecule has 0 saturated carbocycles. The van der Waals surface area contributed by atoms with Gasteiger partial charge in [0, 0.05) is 19.3 Å². The summed E-state index contributed by atoms with van der Waals surface area (Å²) in [5, 5.41) is 0. The maximum Gasteiger partial charge on any atom is 0.338 e. The van der Waals surface area contributed by atoms with Crippen molar-refractivity contribution in [2.24, 2.45) is 0 Å². The average Bonchev–Trinajstić information content (AvgIpc) is 2.53. The molecule has 0 heterocycles. The van der Waals surface area contributed by atoms with Crippen molar-refractivity contribution < 1.29 is 14.3 Å². The SMILES string of the molecule is CN(Cc1ccccc1)C(=O)COC(=O)c1ccc(N)cc1. The lowest BCUT2D eigenvalue weighted by Gasteiger charge is -2.17. The molecule has 0 aromatic heterocycles. The van der Waals surface area contributed by atoms with Gasteiger partial charge in [-0.1, -0.05) is 30.3 Å². The number of nitrogen functional groups attached to an aromatic ring is 1. The molecular formula is C17H18N2O3. The number of anilines is 1. The molecule has 2 aromatic rings. The molecule has 0 aliphatic heterocycles. The number of ether oxygens (including phenoxy) is 1. The summed E-state index contributed by atoms with van der Waals surface area (Å²) in [6.07, 6.45) is 0. The summed E-state index contributed by atoms with van der Waals surface area (Å²) in [6, 6.07) is 16.0. The van der Waals surface area contributed by atoms with Crippen LogP contribution in [-0.2, 0) is 16.1 Å². The smallest absolute Gasteiger partial charge is 0.338 e. The van der Waals surface area contributed by atoms with Gasteiger partial charge >= 0.3 is 5.97 Å². The Hall–Kier alpha value is -2.82. The van der Waals surface area contributed by atoms with Crippen LogP contribution in [-0.4, -0.2) is 30.4 Å². The van der Waals surface area contributed by atoms with Crippen molar-refractivity contribution in [3.8, 4) is 0 Å². The first-order valence-corrected chi connectivity index (χ1v) is 6.87. The number of hydrogen-bond acceptors (Lipinski definition) is 4. The van der Waals surface area contributed by atoms with Crippen molar-refractivity contribution in [3.63, 3.8) is 0 Å². The Morgan fingerprint density at radius 2 is 1.68 bits per heavy atom. The number of nitrogens with zero attached hydrogens (tertiary/aromatic N) is 1. The summed E-state index contributed by atoms with van der Waals surface area (Å²) in [4.78, 5) is 25.3. The zero-order valence-electron chi connectivity index (χ0n) is 12.4. The molecule has 2 aromatic carbocycles. The molecule has 0 atom stereocenters. The number of nitrogens with two attached hydrogens (primary N) is 1. The van der Waals surface area contributed by atoms with E-state index in [1.54, 1.807) is 31.3 Å². The maximum atomic E-state index is 12.0. The minimum absolute atomic E-state index is 0.257. The van der Waals surface area contributed by atoms with Gasteiger partial charge in [-0.2, -0.15) is 0 Å². The zero-order chi connectivity index (χ0) is 15.9. The van der Waals surface area contributed by atoms with Crippen LogP contribution in [0.15, 0.2) is 54.6 Å². The van der Waals surface area contributed by atoms with Crippen LogP contribution in [0.2, 0.25) is 0 Å². The van der Waals surface area contributed by atoms with Crippen LogP contribution in [0.3, 0.4) is 0 Å². The molecule has 2 N–H and O–H groups in total. The van der Waals surface area contributed by atoms with Crippen LogP contribution >= 0.6 is 0 Å². The summed E-state index contributed by atoms with van der Waals surface area (Å²) in [6.45, 7) is 0.186. The molecule has 0 aliphatic rings. The molecule has 2 rings (SSSR count). The standard InChI is InChI=1S/C17H18N2O3/c1-19(11-13-5-3-2-4-6-13)16(20)12-22-17(21)14-7-9-15(18)10-8-14/h2-10H,11-12,18H2,1H3. The highest BCUT2D eigenvalue weighted by Crippen LogP contribution is 2.07. The molecule has 0 bridgehead atoms. The quantitative estimate of drug-likeness (QED) is 0.677. The van der Waals surface area contributed by atoms with E-state index in [1.165, 1.54) is 4.90 Å². The molecule has 0 fully saturated rings. The maximum absolute atomic E-state index is 12.0. The minimum atomic E-state index is -0.540. The Morgan fingerprint density at radius 1 is 1.05 bits per heavy atom. The molecule has 0 unspecified atom stereocenters. The van der Waals surface area contributed by atoms with Gasteiger partial charge in [0.1, 0.15) is 0 Å². The van der Waals surface area contributed by atoms with E-state index >= 15 is 0 Å². The van der Waals surface area contributed by atoms with Crippen molar-refractivity contribution in [1.82, 2.24) is 4.90 Å². The molecule has 0 aliphatic carbocycles. The molecule has 5 heteroatoms. The second kappa shape index (κ2) is 7.26. The number of rotatable bonds is 5. The third-order valence-electron chi connectivity index (χ3n) is 3.16. The monoisotopic (exact) mass is 298 g/mol. The molecule has 22 heavy (non-hydrogen) atoms. The molecule has 1 amide bonds. The van der Waals surface area contributed by atoms with Gasteiger partial charge in [-0.15, -0.1) is 0 Å². The second-order valence-electron chi connectivity index (χ2n) is 4.93. The lowest BCUT2D eigenvalue weighted by Crippen LogP contribution is -2.30. The van der Waals surface area contributed by atoms with E-state index in [9.17, 15) is 9.59 Å². The Balaban J connectivity index is 1.84. The largest absolute Gasteiger partial charge is 0.452 e. The van der Waals surface area contributed by atoms with E-state index in [2.05, 4.69) is 0 Å². The predicted octanol–water partition coefficient (Wildman–Crippen LogP) is 2.08. The average molecular weight is 298 g/mol. The number of carbonyl (C=O) groups is 2. The van der Waals surface area contributed by atoms with Gasteiger partial charge in [0.2, 0.25) is 0 Å². The molecule has 5 nitrogen and oxygen atoms in total. The summed E-state index contributed by atoms with van der Waals surface area (Å²) in [5.74, 6) is -0.797. The molecule has 114 valence electrons. The Labute approximate surface area is 129 Å². The van der Waals surface area contributed by atoms with Crippen molar-refractivity contribution in [2.45, 2.75) is 6.54 Å². The first kappa shape index (κ1) is 15.6. The van der Waals surface area contributed by atoms with E-state index in [0.717, 1.165) is 5.56 Å². The lowest BCUT2D eigenvalue weighted by molar-refractivity contribution is -0.133. The highest BCUT2D eigenvalue weighted by molar-refractivity contribution is 5.91. The molecule has 0 saturated heterocycles. The number of hydrogen-bond donors (Lipinski definition) is 1. The van der Waals surface area contributed by atoms with Crippen LogP contribution < -0.4 is 5.73 Å². The third-order valence-corrected chi connectivity index (χ3v) is 3.16. The van der Waals surface area contributed by atoms with Gasteiger partial charge in [0.15, 0.2) is 6.61 Å². The van der Waals surface area contributed by atoms with E-state index in [1.807, 2.05) is 30.3 Å². The fourth-order valence-corrected chi connectivity index (χ4v) is 1.89. The van der Waals surface area contributed by atoms with Crippen molar-refractivity contribution in [1.29, 1.82) is 0 Å². The van der Waals surface area contributed by atoms with Crippen LogP contribution in [0.5, 0.6) is 0 Å². The summed E-state index contributed by atoms with van der Waals surface area (Å²) < 4.78 is 5.02. The number of carbonyl (C=O) groups excluding carboxylic acids is 2. The normalized spacial score (nSPS) is 10.0. The lowest BCUT2D eigenvalue weighted by atomic mass is 10.2. The van der Waals surface area contributed by atoms with Gasteiger partial charge in [-0.25, -0.2) is 4.79 Å². The highest BCUT2D eigenvalue weighted by Gasteiger charge is 2.13. The van der Waals surface area contributed by atoms with Crippen LogP contribution in [0, 0.1) is 0 Å². The van der Waals surface area contributed by atoms with Gasteiger partial charge in [0.05, 0.1) is 5.56 Å². The Morgan fingerprint density at radius 3 is 2.32 bits per heavy atom. The third kappa shape index (κ3) is 4.34. The summed E-state index contributed by atoms with van der Waals surface area (Å²) in [5.41, 5.74) is 7.50. The predicted molar refractivity (Wildman–Crippen MR) is 84.1 cm³/mol. The van der Waals surface area contributed by atoms with Gasteiger partial charge in [-0.05, 0) is 29.8 Å². The van der Waals surface area contributed by atoms with Crippen molar-refractivity contribution >= 4 is 17.6 Å². The molecular weight excluding hydrogens is 280 g/mol. The van der Waals surface area contributed by atoms with Gasteiger partial charge in [0.25, 0.3) is 5.91 Å². The van der Waals surface area contributed by atoms with Gasteiger partial charge in [-0.3, -0.25) is 4.79 Å². The second-order valence-corrected chi connectivity index (χ2v) is 4.93. The number of likely N-dealkylation sites (N-methyl/N-ethyl adjacent to an activating group) is 1. The van der Waals surface area contributed by atoms with Crippen LogP contribution in [0.1, 0.15) is 15.9 Å². The topological polar surface area (TPSA) is 72.6 Å². The first-order chi connectivity index (χ1) is 10.6. The Bertz CT molecular complexity index is 639. The molecule has 0 spiro atoms. The van der Waals surface area contributed by atoms with Gasteiger partial charge < -0.3 is 15.4 Å².